The second-order valence-electron chi connectivity index (χ2n) is 5.79. The van der Waals surface area contributed by atoms with Crippen molar-refractivity contribution in [3.8, 4) is 22.6 Å². The molecule has 9 heteroatoms. The summed E-state index contributed by atoms with van der Waals surface area (Å²) in [6.45, 7) is 0. The van der Waals surface area contributed by atoms with Crippen molar-refractivity contribution in [2.45, 2.75) is 0 Å². The van der Waals surface area contributed by atoms with E-state index >= 15 is 0 Å². The number of carbonyl (C=O) groups is 1. The zero-order valence-electron chi connectivity index (χ0n) is 14.3. The number of nitrogens with one attached hydrogen (secondary N) is 1. The molecule has 0 atom stereocenters. The summed E-state index contributed by atoms with van der Waals surface area (Å²) >= 11 is 0. The number of carbonyl (C=O) groups excluding carboxylic acids is 1. The molecular formula is C18H15N7O2. The molecule has 3 heterocycles. The molecule has 134 valence electrons. The number of nitrogens with zero attached hydrogens (tertiary/aromatic N) is 5. The summed E-state index contributed by atoms with van der Waals surface area (Å²) in [5.41, 5.74) is 8.25. The molecule has 3 N–H and O–H groups in total. The standard InChI is InChI=1S/C18H15N7O2/c1-25-7-5-15(23-25)21-14-10-20-18(22-16(14)17(19)26)12-4-2-3-11(9-12)13-6-8-27-24-13/h2-10H,1H3,(H2,19,26)(H,21,23). The van der Waals surface area contributed by atoms with Crippen LogP contribution in [-0.2, 0) is 7.05 Å². The van der Waals surface area contributed by atoms with Gasteiger partial charge in [0.25, 0.3) is 5.91 Å². The van der Waals surface area contributed by atoms with Gasteiger partial charge in [-0.3, -0.25) is 9.48 Å². The van der Waals surface area contributed by atoms with Crippen LogP contribution < -0.4 is 11.1 Å². The van der Waals surface area contributed by atoms with Crippen molar-refractivity contribution >= 4 is 17.4 Å². The molecule has 27 heavy (non-hydrogen) atoms. The molecular weight excluding hydrogens is 346 g/mol. The largest absolute Gasteiger partial charge is 0.364 e. The normalized spacial score (nSPS) is 10.7. The number of primary amides is 1. The Kier molecular flexibility index (Phi) is 4.09. The van der Waals surface area contributed by atoms with Crippen molar-refractivity contribution in [1.29, 1.82) is 0 Å². The fourth-order valence-electron chi connectivity index (χ4n) is 2.60. The molecule has 0 fully saturated rings. The first-order valence-corrected chi connectivity index (χ1v) is 8.05. The molecule has 0 aliphatic heterocycles. The number of anilines is 2. The van der Waals surface area contributed by atoms with Crippen LogP contribution in [-0.4, -0.2) is 30.8 Å². The molecule has 4 rings (SSSR count). The van der Waals surface area contributed by atoms with Gasteiger partial charge < -0.3 is 15.6 Å². The van der Waals surface area contributed by atoms with Crippen LogP contribution in [0.25, 0.3) is 22.6 Å². The van der Waals surface area contributed by atoms with Gasteiger partial charge in [0, 0.05) is 36.5 Å². The van der Waals surface area contributed by atoms with Crippen LogP contribution in [0.4, 0.5) is 11.5 Å². The van der Waals surface area contributed by atoms with E-state index in [0.29, 0.717) is 23.0 Å². The van der Waals surface area contributed by atoms with Gasteiger partial charge in [0.2, 0.25) is 0 Å². The number of hydrogen-bond donors (Lipinski definition) is 2. The molecule has 1 amide bonds. The van der Waals surface area contributed by atoms with Gasteiger partial charge in [-0.15, -0.1) is 0 Å². The van der Waals surface area contributed by atoms with Gasteiger partial charge in [-0.25, -0.2) is 9.97 Å². The van der Waals surface area contributed by atoms with E-state index in [-0.39, 0.29) is 5.69 Å². The zero-order chi connectivity index (χ0) is 18.8. The lowest BCUT2D eigenvalue weighted by Gasteiger charge is -2.09. The van der Waals surface area contributed by atoms with Gasteiger partial charge in [0.1, 0.15) is 12.0 Å². The summed E-state index contributed by atoms with van der Waals surface area (Å²) in [7, 11) is 1.79. The van der Waals surface area contributed by atoms with Gasteiger partial charge in [0.15, 0.2) is 17.3 Å². The Morgan fingerprint density at radius 1 is 1.22 bits per heavy atom. The summed E-state index contributed by atoms with van der Waals surface area (Å²) in [6.07, 6.45) is 4.79. The van der Waals surface area contributed by atoms with Crippen molar-refractivity contribution in [3.05, 3.63) is 60.7 Å². The van der Waals surface area contributed by atoms with E-state index in [4.69, 9.17) is 10.3 Å². The molecule has 0 saturated heterocycles. The van der Waals surface area contributed by atoms with Crippen LogP contribution in [0.5, 0.6) is 0 Å². The molecule has 0 bridgehead atoms. The van der Waals surface area contributed by atoms with E-state index in [0.717, 1.165) is 11.1 Å². The second-order valence-corrected chi connectivity index (χ2v) is 5.79. The molecule has 0 spiro atoms. The maximum atomic E-state index is 11.9. The van der Waals surface area contributed by atoms with Gasteiger partial charge in [-0.1, -0.05) is 23.4 Å². The van der Waals surface area contributed by atoms with Crippen molar-refractivity contribution in [3.63, 3.8) is 0 Å². The molecule has 4 aromatic rings. The number of aromatic nitrogens is 5. The third-order valence-corrected chi connectivity index (χ3v) is 3.85. The average molecular weight is 361 g/mol. The predicted octanol–water partition coefficient (Wildman–Crippen LogP) is 2.37. The fraction of sp³-hybridized carbons (Fsp3) is 0.0556. The van der Waals surface area contributed by atoms with E-state index < -0.39 is 5.91 Å². The SMILES string of the molecule is Cn1ccc(Nc2cnc(-c3cccc(-c4ccon4)c3)nc2C(N)=O)n1. The summed E-state index contributed by atoms with van der Waals surface area (Å²) < 4.78 is 6.52. The molecule has 1 aromatic carbocycles. The number of hydrogen-bond acceptors (Lipinski definition) is 7. The summed E-state index contributed by atoms with van der Waals surface area (Å²) in [4.78, 5) is 20.6. The topological polar surface area (TPSA) is 125 Å². The number of amides is 1. The van der Waals surface area contributed by atoms with E-state index in [1.54, 1.807) is 30.1 Å². The lowest BCUT2D eigenvalue weighted by molar-refractivity contribution is 0.0996. The second kappa shape index (κ2) is 6.71. The quantitative estimate of drug-likeness (QED) is 0.559. The van der Waals surface area contributed by atoms with Crippen LogP contribution >= 0.6 is 0 Å². The van der Waals surface area contributed by atoms with E-state index in [1.165, 1.54) is 12.5 Å². The lowest BCUT2D eigenvalue weighted by atomic mass is 10.1. The van der Waals surface area contributed by atoms with Crippen molar-refractivity contribution < 1.29 is 9.32 Å². The van der Waals surface area contributed by atoms with Crippen molar-refractivity contribution in [1.82, 2.24) is 24.9 Å². The first-order valence-electron chi connectivity index (χ1n) is 8.05. The molecule has 0 saturated carbocycles. The third-order valence-electron chi connectivity index (χ3n) is 3.85. The van der Waals surface area contributed by atoms with E-state index in [2.05, 4.69) is 25.5 Å². The molecule has 0 radical (unpaired) electrons. The fourth-order valence-corrected chi connectivity index (χ4v) is 2.60. The Balaban J connectivity index is 1.71. The Hall–Kier alpha value is -4.01. The number of benzene rings is 1. The van der Waals surface area contributed by atoms with E-state index in [9.17, 15) is 4.79 Å². The Morgan fingerprint density at radius 3 is 2.78 bits per heavy atom. The highest BCUT2D eigenvalue weighted by Gasteiger charge is 2.15. The molecule has 9 nitrogen and oxygen atoms in total. The average Bonchev–Trinajstić information content (AvgIpc) is 3.34. The van der Waals surface area contributed by atoms with E-state index in [1.807, 2.05) is 24.3 Å². The number of aryl methyl sites for hydroxylation is 1. The van der Waals surface area contributed by atoms with Crippen LogP contribution in [0.15, 0.2) is 59.6 Å². The highest BCUT2D eigenvalue weighted by Crippen LogP contribution is 2.25. The summed E-state index contributed by atoms with van der Waals surface area (Å²) in [6, 6.07) is 11.0. The summed E-state index contributed by atoms with van der Waals surface area (Å²) in [5.74, 6) is 0.273. The smallest absolute Gasteiger partial charge is 0.269 e. The molecule has 0 aliphatic carbocycles. The Morgan fingerprint density at radius 2 is 2.07 bits per heavy atom. The van der Waals surface area contributed by atoms with Gasteiger partial charge in [-0.2, -0.15) is 5.10 Å². The van der Waals surface area contributed by atoms with Crippen molar-refractivity contribution in [2.24, 2.45) is 12.8 Å². The van der Waals surface area contributed by atoms with Gasteiger partial charge in [0.05, 0.1) is 11.9 Å². The first kappa shape index (κ1) is 16.5. The Bertz CT molecular complexity index is 1100. The van der Waals surface area contributed by atoms with Crippen LogP contribution in [0.1, 0.15) is 10.5 Å². The zero-order valence-corrected chi connectivity index (χ0v) is 14.3. The third kappa shape index (κ3) is 3.38. The van der Waals surface area contributed by atoms with Crippen LogP contribution in [0.3, 0.4) is 0 Å². The predicted molar refractivity (Wildman–Crippen MR) is 98.0 cm³/mol. The number of nitrogens with two attached hydrogens (primary N) is 1. The maximum Gasteiger partial charge on any atom is 0.269 e. The molecule has 0 unspecified atom stereocenters. The highest BCUT2D eigenvalue weighted by atomic mass is 16.5. The molecule has 0 aliphatic rings. The minimum Gasteiger partial charge on any atom is -0.364 e. The minimum atomic E-state index is -0.662. The lowest BCUT2D eigenvalue weighted by Crippen LogP contribution is -2.16. The summed E-state index contributed by atoms with van der Waals surface area (Å²) in [5, 5.41) is 11.1. The highest BCUT2D eigenvalue weighted by molar-refractivity contribution is 5.97. The van der Waals surface area contributed by atoms with Gasteiger partial charge in [-0.05, 0) is 6.07 Å². The maximum absolute atomic E-state index is 11.9. The van der Waals surface area contributed by atoms with Crippen LogP contribution in [0, 0.1) is 0 Å². The van der Waals surface area contributed by atoms with Crippen LogP contribution in [0.2, 0.25) is 0 Å². The Labute approximate surface area is 153 Å². The van der Waals surface area contributed by atoms with Crippen molar-refractivity contribution in [2.75, 3.05) is 5.32 Å². The monoisotopic (exact) mass is 361 g/mol. The van der Waals surface area contributed by atoms with Gasteiger partial charge >= 0.3 is 0 Å². The number of rotatable bonds is 5. The molecule has 3 aromatic heterocycles. The first-order chi connectivity index (χ1) is 13.1. The minimum absolute atomic E-state index is 0.0810.